The fourth-order valence-electron chi connectivity index (χ4n) is 3.25. The van der Waals surface area contributed by atoms with Crippen molar-refractivity contribution in [1.82, 2.24) is 0 Å². The molecule has 2 rings (SSSR count). The lowest BCUT2D eigenvalue weighted by molar-refractivity contribution is -0.0693. The maximum Gasteiger partial charge on any atom is 0.0703 e. The number of ether oxygens (including phenoxy) is 1. The summed E-state index contributed by atoms with van der Waals surface area (Å²) in [7, 11) is 0. The van der Waals surface area contributed by atoms with Crippen molar-refractivity contribution in [3.63, 3.8) is 0 Å². The van der Waals surface area contributed by atoms with Gasteiger partial charge in [0.05, 0.1) is 12.2 Å². The van der Waals surface area contributed by atoms with E-state index >= 15 is 0 Å². The van der Waals surface area contributed by atoms with Crippen LogP contribution in [-0.2, 0) is 4.74 Å². The van der Waals surface area contributed by atoms with Gasteiger partial charge in [-0.1, -0.05) is 55.0 Å². The normalized spacial score (nSPS) is 40.9. The molecule has 0 N–H and O–H groups in total. The Kier molecular flexibility index (Phi) is 5.15. The topological polar surface area (TPSA) is 9.23 Å². The van der Waals surface area contributed by atoms with Crippen LogP contribution in [0.4, 0.5) is 0 Å². The molecule has 2 fully saturated rings. The van der Waals surface area contributed by atoms with Gasteiger partial charge >= 0.3 is 0 Å². The van der Waals surface area contributed by atoms with Gasteiger partial charge in [-0.15, -0.1) is 0 Å². The lowest BCUT2D eigenvalue weighted by Gasteiger charge is -2.37. The highest BCUT2D eigenvalue weighted by atomic mass is 79.9. The molecule has 0 amide bonds. The molecule has 2 heteroatoms. The van der Waals surface area contributed by atoms with Gasteiger partial charge in [-0.2, -0.15) is 0 Å². The van der Waals surface area contributed by atoms with Gasteiger partial charge in [0.2, 0.25) is 0 Å². The fourth-order valence-corrected chi connectivity index (χ4v) is 3.96. The van der Waals surface area contributed by atoms with Crippen molar-refractivity contribution >= 4 is 15.9 Å². The van der Waals surface area contributed by atoms with Crippen molar-refractivity contribution in [2.75, 3.05) is 0 Å². The Hall–Kier alpha value is 0.440. The van der Waals surface area contributed by atoms with Crippen LogP contribution in [0.1, 0.15) is 64.7 Å². The summed E-state index contributed by atoms with van der Waals surface area (Å²) < 4.78 is 6.40. The zero-order chi connectivity index (χ0) is 11.4. The average molecular weight is 289 g/mol. The van der Waals surface area contributed by atoms with E-state index in [0.29, 0.717) is 17.0 Å². The number of hydrogen-bond donors (Lipinski definition) is 0. The molecule has 0 aromatic rings. The summed E-state index contributed by atoms with van der Waals surface area (Å²) in [5.74, 6) is 0.829. The Morgan fingerprint density at radius 3 is 2.25 bits per heavy atom. The van der Waals surface area contributed by atoms with Gasteiger partial charge in [-0.25, -0.2) is 0 Å². The first-order chi connectivity index (χ1) is 7.81. The van der Waals surface area contributed by atoms with Crippen molar-refractivity contribution in [2.45, 2.75) is 81.7 Å². The Bertz CT molecular complexity index is 207. The molecule has 2 saturated carbocycles. The predicted molar refractivity (Wildman–Crippen MR) is 72.1 cm³/mol. The summed E-state index contributed by atoms with van der Waals surface area (Å²) in [4.78, 5) is 0.612. The van der Waals surface area contributed by atoms with Gasteiger partial charge in [0.25, 0.3) is 0 Å². The van der Waals surface area contributed by atoms with E-state index in [9.17, 15) is 0 Å². The summed E-state index contributed by atoms with van der Waals surface area (Å²) in [6.07, 6.45) is 13.1. The summed E-state index contributed by atoms with van der Waals surface area (Å²) in [6, 6.07) is 0. The van der Waals surface area contributed by atoms with Crippen LogP contribution in [0.2, 0.25) is 0 Å². The third-order valence-corrected chi connectivity index (χ3v) is 5.38. The lowest BCUT2D eigenvalue weighted by atomic mass is 9.84. The molecule has 0 aromatic heterocycles. The quantitative estimate of drug-likeness (QED) is 0.686. The number of rotatable bonds is 3. The van der Waals surface area contributed by atoms with Crippen LogP contribution >= 0.6 is 15.9 Å². The van der Waals surface area contributed by atoms with Crippen LogP contribution in [0, 0.1) is 5.92 Å². The molecule has 94 valence electrons. The highest BCUT2D eigenvalue weighted by molar-refractivity contribution is 9.09. The molecular formula is C14H25BrO. The van der Waals surface area contributed by atoms with Crippen LogP contribution in [-0.4, -0.2) is 17.0 Å². The first-order valence-corrected chi connectivity index (χ1v) is 8.02. The van der Waals surface area contributed by atoms with Gasteiger partial charge in [0.1, 0.15) is 0 Å². The molecule has 2 aliphatic rings. The Labute approximate surface area is 108 Å². The molecule has 0 spiro atoms. The zero-order valence-electron chi connectivity index (χ0n) is 10.5. The molecular weight excluding hydrogens is 264 g/mol. The molecule has 0 aromatic carbocycles. The van der Waals surface area contributed by atoms with Gasteiger partial charge in [0, 0.05) is 4.83 Å². The monoisotopic (exact) mass is 288 g/mol. The smallest absolute Gasteiger partial charge is 0.0703 e. The van der Waals surface area contributed by atoms with Crippen LogP contribution < -0.4 is 0 Å². The molecule has 1 nitrogen and oxygen atoms in total. The SMILES string of the molecule is CCC1CCCCC1OC1CCCCC1Br. The van der Waals surface area contributed by atoms with E-state index in [2.05, 4.69) is 22.9 Å². The third kappa shape index (κ3) is 3.22. The first kappa shape index (κ1) is 12.9. The second-order valence-corrected chi connectivity index (χ2v) is 6.64. The maximum atomic E-state index is 6.40. The second-order valence-electron chi connectivity index (χ2n) is 5.47. The Balaban J connectivity index is 1.86. The third-order valence-electron chi connectivity index (χ3n) is 4.34. The lowest BCUT2D eigenvalue weighted by Crippen LogP contribution is -2.36. The summed E-state index contributed by atoms with van der Waals surface area (Å²) in [5.41, 5.74) is 0. The van der Waals surface area contributed by atoms with Gasteiger partial charge in [-0.3, -0.25) is 0 Å². The Morgan fingerprint density at radius 2 is 1.56 bits per heavy atom. The molecule has 0 bridgehead atoms. The van der Waals surface area contributed by atoms with E-state index in [-0.39, 0.29) is 0 Å². The molecule has 0 aliphatic heterocycles. The minimum atomic E-state index is 0.492. The fraction of sp³-hybridized carbons (Fsp3) is 1.00. The van der Waals surface area contributed by atoms with E-state index in [1.807, 2.05) is 0 Å². The first-order valence-electron chi connectivity index (χ1n) is 7.10. The number of alkyl halides is 1. The standard InChI is InChI=1S/C14H25BrO/c1-2-11-7-3-5-9-13(11)16-14-10-6-4-8-12(14)15/h11-14H,2-10H2,1H3. The second kappa shape index (κ2) is 6.39. The highest BCUT2D eigenvalue weighted by Gasteiger charge is 2.30. The van der Waals surface area contributed by atoms with Crippen LogP contribution in [0.5, 0.6) is 0 Å². The zero-order valence-corrected chi connectivity index (χ0v) is 12.0. The van der Waals surface area contributed by atoms with Crippen molar-refractivity contribution < 1.29 is 4.74 Å². The molecule has 0 heterocycles. The van der Waals surface area contributed by atoms with Gasteiger partial charge in [0.15, 0.2) is 0 Å². The minimum Gasteiger partial charge on any atom is -0.374 e. The maximum absolute atomic E-state index is 6.40. The van der Waals surface area contributed by atoms with Gasteiger partial charge in [-0.05, 0) is 31.6 Å². The molecule has 0 saturated heterocycles. The van der Waals surface area contributed by atoms with Crippen molar-refractivity contribution in [1.29, 1.82) is 0 Å². The van der Waals surface area contributed by atoms with E-state index in [0.717, 1.165) is 5.92 Å². The van der Waals surface area contributed by atoms with E-state index in [4.69, 9.17) is 4.74 Å². The molecule has 4 atom stereocenters. The van der Waals surface area contributed by atoms with Crippen LogP contribution in [0.15, 0.2) is 0 Å². The van der Waals surface area contributed by atoms with Crippen molar-refractivity contribution in [3.05, 3.63) is 0 Å². The minimum absolute atomic E-state index is 0.492. The molecule has 16 heavy (non-hydrogen) atoms. The summed E-state index contributed by atoms with van der Waals surface area (Å²) >= 11 is 3.80. The van der Waals surface area contributed by atoms with Crippen molar-refractivity contribution in [2.24, 2.45) is 5.92 Å². The average Bonchev–Trinajstić information content (AvgIpc) is 2.33. The number of hydrogen-bond acceptors (Lipinski definition) is 1. The molecule has 0 radical (unpaired) electrons. The van der Waals surface area contributed by atoms with E-state index in [1.165, 1.54) is 57.8 Å². The molecule has 2 aliphatic carbocycles. The van der Waals surface area contributed by atoms with Crippen LogP contribution in [0.3, 0.4) is 0 Å². The van der Waals surface area contributed by atoms with Crippen molar-refractivity contribution in [3.8, 4) is 0 Å². The van der Waals surface area contributed by atoms with Crippen LogP contribution in [0.25, 0.3) is 0 Å². The molecule has 4 unspecified atom stereocenters. The predicted octanol–water partition coefficient (Wildman–Crippen LogP) is 4.68. The highest BCUT2D eigenvalue weighted by Crippen LogP contribution is 2.34. The number of halogens is 1. The largest absolute Gasteiger partial charge is 0.374 e. The van der Waals surface area contributed by atoms with E-state index < -0.39 is 0 Å². The summed E-state index contributed by atoms with van der Waals surface area (Å²) in [6.45, 7) is 2.32. The summed E-state index contributed by atoms with van der Waals surface area (Å²) in [5, 5.41) is 0. The van der Waals surface area contributed by atoms with Gasteiger partial charge < -0.3 is 4.74 Å². The van der Waals surface area contributed by atoms with E-state index in [1.54, 1.807) is 0 Å². The Morgan fingerprint density at radius 1 is 0.938 bits per heavy atom.